The Morgan fingerprint density at radius 1 is 1.18 bits per heavy atom. The fourth-order valence-corrected chi connectivity index (χ4v) is 3.95. The molecule has 3 rings (SSSR count). The van der Waals surface area contributed by atoms with E-state index in [4.69, 9.17) is 27.9 Å². The largest absolute Gasteiger partial charge is 0.490 e. The van der Waals surface area contributed by atoms with Crippen LogP contribution < -0.4 is 10.1 Å². The molecule has 0 unspecified atom stereocenters. The summed E-state index contributed by atoms with van der Waals surface area (Å²) in [6.07, 6.45) is 5.36. The molecule has 1 saturated heterocycles. The summed E-state index contributed by atoms with van der Waals surface area (Å²) in [5, 5.41) is 5.31. The first-order chi connectivity index (χ1) is 13.5. The van der Waals surface area contributed by atoms with Crippen molar-refractivity contribution in [3.63, 3.8) is 0 Å². The van der Waals surface area contributed by atoms with Crippen LogP contribution in [0.4, 0.5) is 5.82 Å². The van der Waals surface area contributed by atoms with Gasteiger partial charge in [-0.2, -0.15) is 0 Å². The van der Waals surface area contributed by atoms with Crippen LogP contribution in [0.5, 0.6) is 5.75 Å². The van der Waals surface area contributed by atoms with Gasteiger partial charge in [0.2, 0.25) is 0 Å². The lowest BCUT2D eigenvalue weighted by atomic mass is 10.1. The van der Waals surface area contributed by atoms with Gasteiger partial charge in [-0.15, -0.1) is 0 Å². The molecule has 8 heteroatoms. The van der Waals surface area contributed by atoms with Gasteiger partial charge in [0.05, 0.1) is 10.0 Å². The minimum Gasteiger partial charge on any atom is -0.490 e. The minimum atomic E-state index is 0.237. The summed E-state index contributed by atoms with van der Waals surface area (Å²) in [5.41, 5.74) is 0.992. The molecule has 1 aromatic heterocycles. The third kappa shape index (κ3) is 6.41. The molecule has 0 spiro atoms. The first-order valence-electron chi connectivity index (χ1n) is 9.51. The predicted octanol–water partition coefficient (Wildman–Crippen LogP) is 5.16. The molecule has 28 heavy (non-hydrogen) atoms. The lowest BCUT2D eigenvalue weighted by Gasteiger charge is -2.32. The molecule has 2 heterocycles. The number of benzene rings is 1. The van der Waals surface area contributed by atoms with Gasteiger partial charge in [0.1, 0.15) is 17.7 Å². The Bertz CT molecular complexity index is 785. The van der Waals surface area contributed by atoms with Crippen molar-refractivity contribution < 1.29 is 4.74 Å². The Hall–Kier alpha value is -1.21. The fraction of sp³-hybridized carbons (Fsp3) is 0.500. The van der Waals surface area contributed by atoms with Gasteiger partial charge >= 0.3 is 0 Å². The van der Waals surface area contributed by atoms with Crippen molar-refractivity contribution in [3.8, 4) is 5.75 Å². The van der Waals surface area contributed by atoms with E-state index in [1.54, 1.807) is 23.9 Å². The zero-order chi connectivity index (χ0) is 19.9. The van der Waals surface area contributed by atoms with Gasteiger partial charge < -0.3 is 15.0 Å². The van der Waals surface area contributed by atoms with Crippen molar-refractivity contribution in [1.29, 1.82) is 0 Å². The number of aromatic nitrogens is 2. The van der Waals surface area contributed by atoms with Crippen LogP contribution >= 0.6 is 35.0 Å². The Balaban J connectivity index is 1.35. The normalized spacial score (nSPS) is 15.6. The van der Waals surface area contributed by atoms with Crippen molar-refractivity contribution >= 4 is 40.8 Å². The maximum absolute atomic E-state index is 6.06. The molecule has 0 radical (unpaired) electrons. The monoisotopic (exact) mass is 440 g/mol. The van der Waals surface area contributed by atoms with Gasteiger partial charge in [-0.25, -0.2) is 9.97 Å². The molecule has 1 aliphatic rings. The van der Waals surface area contributed by atoms with Crippen molar-refractivity contribution in [2.75, 3.05) is 37.8 Å². The number of nitrogens with zero attached hydrogens (tertiary/aromatic N) is 3. The van der Waals surface area contributed by atoms with Gasteiger partial charge in [0.25, 0.3) is 0 Å². The molecule has 0 aliphatic carbocycles. The highest BCUT2D eigenvalue weighted by Gasteiger charge is 2.20. The smallest absolute Gasteiger partial charge is 0.189 e. The summed E-state index contributed by atoms with van der Waals surface area (Å²) in [4.78, 5) is 11.4. The van der Waals surface area contributed by atoms with E-state index >= 15 is 0 Å². The lowest BCUT2D eigenvalue weighted by molar-refractivity contribution is 0.100. The van der Waals surface area contributed by atoms with E-state index in [2.05, 4.69) is 20.2 Å². The molecule has 1 aliphatic heterocycles. The number of anilines is 1. The predicted molar refractivity (Wildman–Crippen MR) is 118 cm³/mol. The second kappa shape index (κ2) is 10.5. The van der Waals surface area contributed by atoms with Gasteiger partial charge in [-0.05, 0) is 51.1 Å². The highest BCUT2D eigenvalue weighted by Crippen LogP contribution is 2.28. The third-order valence-electron chi connectivity index (χ3n) is 4.70. The summed E-state index contributed by atoms with van der Waals surface area (Å²) >= 11 is 13.6. The first kappa shape index (κ1) is 21.5. The summed E-state index contributed by atoms with van der Waals surface area (Å²) in [6.45, 7) is 6.08. The zero-order valence-electron chi connectivity index (χ0n) is 16.3. The summed E-state index contributed by atoms with van der Waals surface area (Å²) in [6, 6.07) is 7.44. The van der Waals surface area contributed by atoms with E-state index in [0.717, 1.165) is 67.9 Å². The standard InChI is InChI=1S/C20H26Cl2N4OS/c1-14-12-19(25-20(24-14)28-2)23-8-3-9-26-10-6-15(7-11-26)27-16-4-5-17(21)18(22)13-16/h4-5,12-13,15H,3,6-11H2,1-2H3,(H,23,24,25). The maximum Gasteiger partial charge on any atom is 0.189 e. The molecular weight excluding hydrogens is 415 g/mol. The summed E-state index contributed by atoms with van der Waals surface area (Å²) in [7, 11) is 0. The van der Waals surface area contributed by atoms with Gasteiger partial charge in [0, 0.05) is 37.5 Å². The Labute approximate surface area is 181 Å². The summed E-state index contributed by atoms with van der Waals surface area (Å²) < 4.78 is 6.06. The van der Waals surface area contributed by atoms with Crippen LogP contribution in [-0.2, 0) is 0 Å². The van der Waals surface area contributed by atoms with Crippen LogP contribution in [0, 0.1) is 6.92 Å². The van der Waals surface area contributed by atoms with Crippen LogP contribution in [0.25, 0.3) is 0 Å². The SMILES string of the molecule is CSc1nc(C)cc(NCCCN2CCC(Oc3ccc(Cl)c(Cl)c3)CC2)n1. The third-order valence-corrected chi connectivity index (χ3v) is 5.99. The molecule has 152 valence electrons. The average molecular weight is 441 g/mol. The van der Waals surface area contributed by atoms with Crippen LogP contribution in [0.2, 0.25) is 10.0 Å². The maximum atomic E-state index is 6.06. The van der Waals surface area contributed by atoms with Gasteiger partial charge in [-0.1, -0.05) is 35.0 Å². The number of ether oxygens (including phenoxy) is 1. The van der Waals surface area contributed by atoms with E-state index in [1.807, 2.05) is 25.3 Å². The number of nitrogens with one attached hydrogen (secondary N) is 1. The minimum absolute atomic E-state index is 0.237. The highest BCUT2D eigenvalue weighted by molar-refractivity contribution is 7.98. The fourth-order valence-electron chi connectivity index (χ4n) is 3.24. The topological polar surface area (TPSA) is 50.3 Å². The molecule has 1 N–H and O–H groups in total. The Kier molecular flexibility index (Phi) is 8.09. The van der Waals surface area contributed by atoms with E-state index < -0.39 is 0 Å². The average Bonchev–Trinajstić information content (AvgIpc) is 2.69. The van der Waals surface area contributed by atoms with E-state index in [0.29, 0.717) is 10.0 Å². The Morgan fingerprint density at radius 3 is 2.68 bits per heavy atom. The molecule has 0 saturated carbocycles. The molecule has 1 fully saturated rings. The second-order valence-electron chi connectivity index (χ2n) is 6.90. The van der Waals surface area contributed by atoms with E-state index in [-0.39, 0.29) is 6.10 Å². The molecule has 1 aromatic carbocycles. The number of piperidine rings is 1. The molecular formula is C20H26Cl2N4OS. The number of aryl methyl sites for hydroxylation is 1. The number of likely N-dealkylation sites (tertiary alicyclic amines) is 1. The molecule has 5 nitrogen and oxygen atoms in total. The van der Waals surface area contributed by atoms with Crippen LogP contribution in [-0.4, -0.2) is 53.4 Å². The van der Waals surface area contributed by atoms with Crippen LogP contribution in [0.15, 0.2) is 29.4 Å². The number of rotatable bonds is 8. The Morgan fingerprint density at radius 2 is 1.96 bits per heavy atom. The quantitative estimate of drug-likeness (QED) is 0.347. The first-order valence-corrected chi connectivity index (χ1v) is 11.5. The van der Waals surface area contributed by atoms with Crippen LogP contribution in [0.3, 0.4) is 0 Å². The number of halogens is 2. The van der Waals surface area contributed by atoms with Gasteiger partial charge in [0.15, 0.2) is 5.16 Å². The number of hydrogen-bond acceptors (Lipinski definition) is 6. The van der Waals surface area contributed by atoms with Crippen molar-refractivity contribution in [2.45, 2.75) is 37.4 Å². The van der Waals surface area contributed by atoms with Crippen molar-refractivity contribution in [1.82, 2.24) is 14.9 Å². The van der Waals surface area contributed by atoms with Crippen molar-refractivity contribution in [2.24, 2.45) is 0 Å². The zero-order valence-corrected chi connectivity index (χ0v) is 18.6. The lowest BCUT2D eigenvalue weighted by Crippen LogP contribution is -2.39. The molecule has 0 bridgehead atoms. The van der Waals surface area contributed by atoms with Crippen molar-refractivity contribution in [3.05, 3.63) is 40.0 Å². The number of thioether (sulfide) groups is 1. The van der Waals surface area contributed by atoms with E-state index in [1.165, 1.54) is 0 Å². The molecule has 0 amide bonds. The molecule has 2 aromatic rings. The van der Waals surface area contributed by atoms with E-state index in [9.17, 15) is 0 Å². The number of hydrogen-bond donors (Lipinski definition) is 1. The highest BCUT2D eigenvalue weighted by atomic mass is 35.5. The second-order valence-corrected chi connectivity index (χ2v) is 8.48. The summed E-state index contributed by atoms with van der Waals surface area (Å²) in [5.74, 6) is 1.70. The molecule has 0 atom stereocenters. The van der Waals surface area contributed by atoms with Crippen LogP contribution in [0.1, 0.15) is 25.0 Å². The van der Waals surface area contributed by atoms with Gasteiger partial charge in [-0.3, -0.25) is 0 Å².